The monoisotopic (exact) mass is 525 g/mol. The van der Waals surface area contributed by atoms with Crippen LogP contribution in [0.5, 0.6) is 0 Å². The predicted molar refractivity (Wildman–Crippen MR) is 136 cm³/mol. The van der Waals surface area contributed by atoms with Gasteiger partial charge in [-0.15, -0.1) is 13.2 Å². The Bertz CT molecular complexity index is 996. The molecular formula is C26H40FN3O5S. The molecule has 1 heterocycles. The van der Waals surface area contributed by atoms with Crippen LogP contribution < -0.4 is 10.0 Å². The van der Waals surface area contributed by atoms with Crippen LogP contribution in [0.15, 0.2) is 25.3 Å². The zero-order chi connectivity index (χ0) is 26.7. The summed E-state index contributed by atoms with van der Waals surface area (Å²) in [6, 6.07) is -0.712. The first kappa shape index (κ1) is 28.3. The van der Waals surface area contributed by atoms with Crippen molar-refractivity contribution < 1.29 is 27.2 Å². The molecule has 36 heavy (non-hydrogen) atoms. The first-order valence-electron chi connectivity index (χ1n) is 12.9. The van der Waals surface area contributed by atoms with Gasteiger partial charge in [-0.25, -0.2) is 12.8 Å². The average Bonchev–Trinajstić information content (AvgIpc) is 3.71. The van der Waals surface area contributed by atoms with Gasteiger partial charge in [-0.2, -0.15) is 0 Å². The van der Waals surface area contributed by atoms with Crippen LogP contribution in [0.3, 0.4) is 0 Å². The number of hydrogen-bond acceptors (Lipinski definition) is 5. The van der Waals surface area contributed by atoms with E-state index >= 15 is 0 Å². The van der Waals surface area contributed by atoms with Crippen LogP contribution in [0.25, 0.3) is 0 Å². The third-order valence-corrected chi connectivity index (χ3v) is 10.1. The molecule has 0 aromatic rings. The fraction of sp³-hybridized carbons (Fsp3) is 0.731. The van der Waals surface area contributed by atoms with Crippen molar-refractivity contribution in [2.45, 2.75) is 88.0 Å². The van der Waals surface area contributed by atoms with E-state index in [2.05, 4.69) is 25.4 Å². The smallest absolute Gasteiger partial charge is 0.259 e. The molecule has 0 bridgehead atoms. The van der Waals surface area contributed by atoms with Gasteiger partial charge in [0.15, 0.2) is 0 Å². The molecule has 0 aromatic carbocycles. The van der Waals surface area contributed by atoms with Gasteiger partial charge in [0.05, 0.1) is 0 Å². The van der Waals surface area contributed by atoms with E-state index in [-0.39, 0.29) is 31.1 Å². The Balaban J connectivity index is 1.62. The van der Waals surface area contributed by atoms with Crippen LogP contribution in [0.1, 0.15) is 71.6 Å². The summed E-state index contributed by atoms with van der Waals surface area (Å²) in [6.07, 6.45) is 8.25. The second-order valence-electron chi connectivity index (χ2n) is 11.0. The third kappa shape index (κ3) is 5.84. The third-order valence-electron chi connectivity index (χ3n) is 7.97. The Hall–Kier alpha value is -2.23. The number of halogens is 1. The van der Waals surface area contributed by atoms with E-state index < -0.39 is 50.8 Å². The first-order valence-corrected chi connectivity index (χ1v) is 14.4. The molecule has 0 aromatic heterocycles. The Morgan fingerprint density at radius 1 is 1.19 bits per heavy atom. The predicted octanol–water partition coefficient (Wildman–Crippen LogP) is 3.01. The van der Waals surface area contributed by atoms with Crippen molar-refractivity contribution in [1.82, 2.24) is 14.9 Å². The molecule has 2 aliphatic carbocycles. The zero-order valence-electron chi connectivity index (χ0n) is 21.4. The number of nitrogens with one attached hydrogen (secondary N) is 2. The summed E-state index contributed by atoms with van der Waals surface area (Å²) >= 11 is 0. The summed E-state index contributed by atoms with van der Waals surface area (Å²) in [7, 11) is -4.21. The Labute approximate surface area is 214 Å². The minimum absolute atomic E-state index is 0.0909. The lowest BCUT2D eigenvalue weighted by molar-refractivity contribution is -0.140. The maximum absolute atomic E-state index is 13.3. The van der Waals surface area contributed by atoms with Crippen molar-refractivity contribution in [3.8, 4) is 0 Å². The molecule has 3 amide bonds. The number of allylic oxidation sites excluding steroid dienone is 1. The zero-order valence-corrected chi connectivity index (χ0v) is 22.2. The topological polar surface area (TPSA) is 113 Å². The summed E-state index contributed by atoms with van der Waals surface area (Å²) < 4.78 is 38.9. The normalized spacial score (nSPS) is 28.0. The molecule has 2 saturated carbocycles. The van der Waals surface area contributed by atoms with Gasteiger partial charge in [0.25, 0.3) is 5.91 Å². The van der Waals surface area contributed by atoms with Gasteiger partial charge >= 0.3 is 0 Å². The van der Waals surface area contributed by atoms with Crippen molar-refractivity contribution in [3.05, 3.63) is 25.3 Å². The van der Waals surface area contributed by atoms with E-state index in [1.54, 1.807) is 4.90 Å². The molecule has 8 nitrogen and oxygen atoms in total. The number of sulfonamides is 1. The second-order valence-corrected chi connectivity index (χ2v) is 13.1. The van der Waals surface area contributed by atoms with E-state index in [1.807, 2.05) is 17.7 Å². The number of carbonyl (C=O) groups is 3. The molecule has 3 rings (SSSR count). The Morgan fingerprint density at radius 3 is 2.44 bits per heavy atom. The first-order chi connectivity index (χ1) is 16.9. The highest BCUT2D eigenvalue weighted by Gasteiger charge is 2.63. The fourth-order valence-corrected chi connectivity index (χ4v) is 6.74. The van der Waals surface area contributed by atoms with Gasteiger partial charge in [-0.05, 0) is 63.2 Å². The van der Waals surface area contributed by atoms with Crippen LogP contribution in [-0.2, 0) is 24.4 Å². The average molecular weight is 526 g/mol. The van der Waals surface area contributed by atoms with Crippen LogP contribution in [0.2, 0.25) is 0 Å². The number of alkyl halides is 1. The molecule has 2 N–H and O–H groups in total. The van der Waals surface area contributed by atoms with Gasteiger partial charge < -0.3 is 10.2 Å². The second kappa shape index (κ2) is 11.0. The lowest BCUT2D eigenvalue weighted by Gasteiger charge is -2.28. The quantitative estimate of drug-likeness (QED) is 0.339. The van der Waals surface area contributed by atoms with Crippen molar-refractivity contribution in [3.63, 3.8) is 0 Å². The summed E-state index contributed by atoms with van der Waals surface area (Å²) in [6.45, 7) is 11.0. The largest absolute Gasteiger partial charge is 0.339 e. The highest BCUT2D eigenvalue weighted by Crippen LogP contribution is 2.47. The number of carbonyl (C=O) groups excluding carboxylic acids is 3. The molecule has 3 fully saturated rings. The minimum atomic E-state index is -4.21. The van der Waals surface area contributed by atoms with Gasteiger partial charge in [0, 0.05) is 18.9 Å². The van der Waals surface area contributed by atoms with Crippen molar-refractivity contribution >= 4 is 27.7 Å². The van der Waals surface area contributed by atoms with E-state index in [1.165, 1.54) is 6.08 Å². The molecule has 0 radical (unpaired) electrons. The Morgan fingerprint density at radius 2 is 1.89 bits per heavy atom. The lowest BCUT2D eigenvalue weighted by Crippen LogP contribution is -2.57. The number of amides is 3. The maximum atomic E-state index is 13.3. The number of nitrogens with zero attached hydrogens (tertiary/aromatic N) is 1. The van der Waals surface area contributed by atoms with Gasteiger partial charge in [-0.1, -0.05) is 26.0 Å². The standard InChI is InChI=1S/C26H40FN3O5S/c1-5-7-9-18(3)14-19(4)15-22(31)30-13-8-10-21(30)23(32)28-26(16-20(26)6-2)24(33)29-36(34,35)25(17-27)11-12-25/h5-6,18-21H,1-2,7-17H2,3-4H3,(H,28,32)(H,29,33). The van der Waals surface area contributed by atoms with Crippen molar-refractivity contribution in [2.24, 2.45) is 17.8 Å². The summed E-state index contributed by atoms with van der Waals surface area (Å²) in [5.41, 5.74) is -1.45. The van der Waals surface area contributed by atoms with Crippen LogP contribution >= 0.6 is 0 Å². The fourth-order valence-electron chi connectivity index (χ4n) is 5.32. The molecule has 1 aliphatic heterocycles. The van der Waals surface area contributed by atoms with E-state index in [0.29, 0.717) is 31.7 Å². The van der Waals surface area contributed by atoms with Crippen LogP contribution in [0.4, 0.5) is 4.39 Å². The van der Waals surface area contributed by atoms with Crippen molar-refractivity contribution in [1.29, 1.82) is 0 Å². The molecular weight excluding hydrogens is 485 g/mol. The SMILES string of the molecule is C=CCCC(C)CC(C)CC(=O)N1CCCC1C(=O)NC1(C(=O)NS(=O)(=O)C2(CF)CC2)CC1C=C. The lowest BCUT2D eigenvalue weighted by atomic mass is 9.91. The number of likely N-dealkylation sites (tertiary alicyclic amines) is 1. The highest BCUT2D eigenvalue weighted by molar-refractivity contribution is 7.91. The summed E-state index contributed by atoms with van der Waals surface area (Å²) in [5.74, 6) is -1.25. The molecule has 0 spiro atoms. The van der Waals surface area contributed by atoms with E-state index in [9.17, 15) is 27.2 Å². The van der Waals surface area contributed by atoms with Gasteiger partial charge in [0.1, 0.15) is 23.0 Å². The molecule has 202 valence electrons. The van der Waals surface area contributed by atoms with Crippen LogP contribution in [0, 0.1) is 17.8 Å². The van der Waals surface area contributed by atoms with Crippen LogP contribution in [-0.4, -0.2) is 60.6 Å². The maximum Gasteiger partial charge on any atom is 0.259 e. The number of hydrogen-bond donors (Lipinski definition) is 2. The summed E-state index contributed by atoms with van der Waals surface area (Å²) in [5, 5.41) is 2.73. The van der Waals surface area contributed by atoms with E-state index in [4.69, 9.17) is 0 Å². The van der Waals surface area contributed by atoms with Crippen molar-refractivity contribution in [2.75, 3.05) is 13.2 Å². The molecule has 1 saturated heterocycles. The minimum Gasteiger partial charge on any atom is -0.339 e. The Kier molecular flexibility index (Phi) is 8.68. The molecule has 3 aliphatic rings. The van der Waals surface area contributed by atoms with Gasteiger partial charge in [-0.3, -0.25) is 19.1 Å². The molecule has 10 heteroatoms. The number of rotatable bonds is 14. The molecule has 5 unspecified atom stereocenters. The summed E-state index contributed by atoms with van der Waals surface area (Å²) in [4.78, 5) is 40.9. The van der Waals surface area contributed by atoms with Gasteiger partial charge in [0.2, 0.25) is 21.8 Å². The van der Waals surface area contributed by atoms with E-state index in [0.717, 1.165) is 19.3 Å². The molecule has 5 atom stereocenters. The highest BCUT2D eigenvalue weighted by atomic mass is 32.2.